The molecular weight excluding hydrogens is 790 g/mol. The summed E-state index contributed by atoms with van der Waals surface area (Å²) in [4.78, 5) is 73.5. The van der Waals surface area contributed by atoms with Gasteiger partial charge in [0.25, 0.3) is 0 Å². The number of unbranched alkanes of at least 4 members (excludes halogenated alkanes) is 3. The number of carbonyl (C=O) groups excluding carboxylic acids is 6. The number of esters is 6. The molecule has 0 spiro atoms. The quantitative estimate of drug-likeness (QED) is 0.0366. The van der Waals surface area contributed by atoms with Crippen LogP contribution in [-0.4, -0.2) is 89.7 Å². The Bertz CT molecular complexity index is 1760. The van der Waals surface area contributed by atoms with Crippen LogP contribution in [0.5, 0.6) is 11.5 Å². The Balaban J connectivity index is 2.54. The van der Waals surface area contributed by atoms with Gasteiger partial charge in [-0.1, -0.05) is 45.4 Å². The molecule has 0 heterocycles. The summed E-state index contributed by atoms with van der Waals surface area (Å²) in [6.45, 7) is 10.2. The van der Waals surface area contributed by atoms with Gasteiger partial charge < -0.3 is 37.9 Å². The Kier molecular flexibility index (Phi) is 22.1. The van der Waals surface area contributed by atoms with E-state index in [-0.39, 0.29) is 74.2 Å². The summed E-state index contributed by atoms with van der Waals surface area (Å²) in [6.07, 6.45) is 2.71. The van der Waals surface area contributed by atoms with E-state index >= 15 is 8.78 Å². The van der Waals surface area contributed by atoms with Gasteiger partial charge in [-0.15, -0.1) is 0 Å². The highest BCUT2D eigenvalue weighted by Gasteiger charge is 2.38. The summed E-state index contributed by atoms with van der Waals surface area (Å²) in [5.74, 6) is -6.38. The van der Waals surface area contributed by atoms with Crippen molar-refractivity contribution in [2.75, 3.05) is 53.9 Å². The Morgan fingerprint density at radius 3 is 1.67 bits per heavy atom. The van der Waals surface area contributed by atoms with Crippen LogP contribution in [0.1, 0.15) is 84.1 Å². The summed E-state index contributed by atoms with van der Waals surface area (Å²) >= 11 is 0. The first kappa shape index (κ1) is 50.3. The molecule has 0 radical (unpaired) electrons. The first-order chi connectivity index (χ1) is 28.5. The third-order valence-corrected chi connectivity index (χ3v) is 8.80. The van der Waals surface area contributed by atoms with E-state index in [0.29, 0.717) is 17.5 Å². The summed E-state index contributed by atoms with van der Waals surface area (Å²) in [7, 11) is 2.32. The topological polar surface area (TPSA) is 176 Å². The minimum Gasteiger partial charge on any atom is -0.492 e. The van der Waals surface area contributed by atoms with Crippen LogP contribution in [0.4, 0.5) is 8.78 Å². The molecule has 0 N–H and O–H groups in total. The molecule has 60 heavy (non-hydrogen) atoms. The van der Waals surface area contributed by atoms with Gasteiger partial charge in [0.2, 0.25) is 0 Å². The second-order valence-corrected chi connectivity index (χ2v) is 14.1. The molecule has 0 saturated carbocycles. The Hall–Kier alpha value is -5.80. The summed E-state index contributed by atoms with van der Waals surface area (Å²) in [6, 6.07) is 7.04. The maximum atomic E-state index is 15.2. The third kappa shape index (κ3) is 18.0. The monoisotopic (exact) mass is 846 g/mol. The SMILES string of the molecule is C=C(C)C(=O)OCCCc1cc(-c2cc(F)c(OCCCCCC)c(F)c2)ccc1OCC(COC(=O)CCC(=O)OC)(COC(=O)CCC(=O)OC)COC(=O)C(=C)C. The lowest BCUT2D eigenvalue weighted by atomic mass is 9.91. The maximum Gasteiger partial charge on any atom is 0.333 e. The molecule has 0 bridgehead atoms. The molecule has 0 unspecified atom stereocenters. The van der Waals surface area contributed by atoms with Crippen LogP contribution in [-0.2, 0) is 63.6 Å². The van der Waals surface area contributed by atoms with Crippen molar-refractivity contribution in [3.8, 4) is 22.6 Å². The molecule has 0 aliphatic rings. The van der Waals surface area contributed by atoms with Crippen LogP contribution in [0.2, 0.25) is 0 Å². The van der Waals surface area contributed by atoms with Crippen molar-refractivity contribution in [3.63, 3.8) is 0 Å². The number of rotatable bonds is 28. The Morgan fingerprint density at radius 1 is 0.600 bits per heavy atom. The highest BCUT2D eigenvalue weighted by Crippen LogP contribution is 2.34. The van der Waals surface area contributed by atoms with E-state index in [4.69, 9.17) is 28.4 Å². The van der Waals surface area contributed by atoms with Crippen molar-refractivity contribution in [1.29, 1.82) is 0 Å². The van der Waals surface area contributed by atoms with E-state index in [1.165, 1.54) is 19.9 Å². The second kappa shape index (κ2) is 26.3. The minimum absolute atomic E-state index is 0.00719. The standard InChI is InChI=1S/C44H56F2O14/c1-8-9-10-11-20-55-41-34(45)23-33(24-35(41)46)31-14-15-36(32(22-31)13-12-21-56-42(51)29(2)3)57-25-44(28-60-43(52)30(4)5,26-58-39(49)18-16-37(47)53-6)27-59-40(50)19-17-38(48)54-7/h14-15,22-24H,2,4,8-13,16-21,25-28H2,1,3,5-7H3. The van der Waals surface area contributed by atoms with Crippen molar-refractivity contribution < 1.29 is 75.4 Å². The highest BCUT2D eigenvalue weighted by atomic mass is 19.1. The molecule has 0 amide bonds. The zero-order chi connectivity index (χ0) is 44.7. The van der Waals surface area contributed by atoms with Crippen molar-refractivity contribution in [1.82, 2.24) is 0 Å². The van der Waals surface area contributed by atoms with Gasteiger partial charge in [0.1, 0.15) is 37.6 Å². The average molecular weight is 847 g/mol. The fourth-order valence-electron chi connectivity index (χ4n) is 5.26. The number of hydrogen-bond acceptors (Lipinski definition) is 14. The van der Waals surface area contributed by atoms with Gasteiger partial charge in [-0.3, -0.25) is 19.2 Å². The molecule has 0 aliphatic carbocycles. The summed E-state index contributed by atoms with van der Waals surface area (Å²) < 4.78 is 73.1. The van der Waals surface area contributed by atoms with Crippen LogP contribution in [0, 0.1) is 17.0 Å². The van der Waals surface area contributed by atoms with Gasteiger partial charge >= 0.3 is 35.8 Å². The Morgan fingerprint density at radius 2 is 1.13 bits per heavy atom. The van der Waals surface area contributed by atoms with E-state index in [1.807, 2.05) is 0 Å². The van der Waals surface area contributed by atoms with Crippen LogP contribution in [0.25, 0.3) is 11.1 Å². The second-order valence-electron chi connectivity index (χ2n) is 14.1. The zero-order valence-corrected chi connectivity index (χ0v) is 35.1. The first-order valence-electron chi connectivity index (χ1n) is 19.5. The molecule has 0 saturated heterocycles. The van der Waals surface area contributed by atoms with Gasteiger partial charge in [-0.25, -0.2) is 18.4 Å². The molecule has 0 aromatic heterocycles. The molecule has 16 heteroatoms. The predicted octanol–water partition coefficient (Wildman–Crippen LogP) is 7.12. The highest BCUT2D eigenvalue weighted by molar-refractivity contribution is 5.87. The molecule has 0 fully saturated rings. The smallest absolute Gasteiger partial charge is 0.333 e. The van der Waals surface area contributed by atoms with Gasteiger partial charge in [-0.05, 0) is 74.1 Å². The van der Waals surface area contributed by atoms with Gasteiger partial charge in [0, 0.05) is 11.1 Å². The van der Waals surface area contributed by atoms with Gasteiger partial charge in [-0.2, -0.15) is 0 Å². The lowest BCUT2D eigenvalue weighted by Gasteiger charge is -2.32. The molecule has 2 aromatic carbocycles. The zero-order valence-electron chi connectivity index (χ0n) is 35.1. The molecule has 0 atom stereocenters. The molecule has 330 valence electrons. The molecule has 2 aromatic rings. The molecule has 14 nitrogen and oxygen atoms in total. The van der Waals surface area contributed by atoms with E-state index in [2.05, 4.69) is 29.6 Å². The number of ether oxygens (including phenoxy) is 8. The van der Waals surface area contributed by atoms with Crippen LogP contribution in [0.15, 0.2) is 54.6 Å². The van der Waals surface area contributed by atoms with Crippen molar-refractivity contribution in [2.24, 2.45) is 5.41 Å². The number of hydrogen-bond donors (Lipinski definition) is 0. The van der Waals surface area contributed by atoms with E-state index in [0.717, 1.165) is 45.6 Å². The average Bonchev–Trinajstić information content (AvgIpc) is 3.23. The van der Waals surface area contributed by atoms with E-state index in [9.17, 15) is 28.8 Å². The summed E-state index contributed by atoms with van der Waals surface area (Å²) in [5.41, 5.74) is -0.237. The van der Waals surface area contributed by atoms with Crippen molar-refractivity contribution in [3.05, 3.63) is 71.8 Å². The van der Waals surface area contributed by atoms with Crippen LogP contribution >= 0.6 is 0 Å². The molecular formula is C44H56F2O14. The first-order valence-corrected chi connectivity index (χ1v) is 19.5. The fraction of sp³-hybridized carbons (Fsp3) is 0.500. The normalized spacial score (nSPS) is 10.8. The largest absolute Gasteiger partial charge is 0.492 e. The third-order valence-electron chi connectivity index (χ3n) is 8.80. The molecule has 2 rings (SSSR count). The van der Waals surface area contributed by atoms with E-state index < -0.39 is 85.0 Å². The summed E-state index contributed by atoms with van der Waals surface area (Å²) in [5, 5.41) is 0. The van der Waals surface area contributed by atoms with Crippen LogP contribution in [0.3, 0.4) is 0 Å². The van der Waals surface area contributed by atoms with Gasteiger partial charge in [0.05, 0.1) is 53.1 Å². The number of benzene rings is 2. The van der Waals surface area contributed by atoms with E-state index in [1.54, 1.807) is 12.1 Å². The van der Waals surface area contributed by atoms with Crippen LogP contribution < -0.4 is 9.47 Å². The molecule has 0 aliphatic heterocycles. The Labute approximate surface area is 349 Å². The predicted molar refractivity (Wildman–Crippen MR) is 214 cm³/mol. The number of methoxy groups -OCH3 is 2. The number of carbonyl (C=O) groups is 6. The minimum atomic E-state index is -1.58. The lowest BCUT2D eigenvalue weighted by Crippen LogP contribution is -2.44. The number of halogens is 2. The number of aryl methyl sites for hydroxylation is 1. The lowest BCUT2D eigenvalue weighted by molar-refractivity contribution is -0.165. The van der Waals surface area contributed by atoms with Gasteiger partial charge in [0.15, 0.2) is 17.4 Å². The van der Waals surface area contributed by atoms with Crippen molar-refractivity contribution >= 4 is 35.8 Å². The fourth-order valence-corrected chi connectivity index (χ4v) is 5.26. The van der Waals surface area contributed by atoms with Crippen molar-refractivity contribution in [2.45, 2.75) is 85.0 Å². The maximum absolute atomic E-state index is 15.2.